The van der Waals surface area contributed by atoms with E-state index in [2.05, 4.69) is 0 Å². The van der Waals surface area contributed by atoms with E-state index in [-0.39, 0.29) is 29.2 Å². The number of phenols is 1. The van der Waals surface area contributed by atoms with E-state index in [0.29, 0.717) is 5.56 Å². The largest absolute Gasteiger partial charge is 0.507 e. The van der Waals surface area contributed by atoms with Gasteiger partial charge in [0, 0.05) is 12.1 Å². The Hall–Kier alpha value is -4.31. The van der Waals surface area contributed by atoms with Crippen LogP contribution in [0.3, 0.4) is 0 Å². The molecule has 6 rings (SSSR count). The van der Waals surface area contributed by atoms with Gasteiger partial charge in [-0.25, -0.2) is 0 Å². The number of aliphatic hydroxyl groups excluding tert-OH is 9. The van der Waals surface area contributed by atoms with Crippen LogP contribution in [0.1, 0.15) is 55.1 Å². The zero-order valence-electron chi connectivity index (χ0n) is 33.1. The van der Waals surface area contributed by atoms with E-state index in [1.54, 1.807) is 0 Å². The molecule has 4 heterocycles. The highest BCUT2D eigenvalue weighted by molar-refractivity contribution is 6.02. The van der Waals surface area contributed by atoms with E-state index < -0.39 is 153 Å². The predicted molar refractivity (Wildman–Crippen MR) is 198 cm³/mol. The first-order valence-corrected chi connectivity index (χ1v) is 19.4. The third-order valence-corrected chi connectivity index (χ3v) is 10.8. The molecule has 0 aliphatic carbocycles. The Morgan fingerprint density at radius 3 is 2.03 bits per heavy atom. The molecule has 3 saturated heterocycles. The van der Waals surface area contributed by atoms with Gasteiger partial charge in [0.15, 0.2) is 18.2 Å². The number of carbonyl (C=O) groups is 3. The van der Waals surface area contributed by atoms with Crippen LogP contribution in [0.2, 0.25) is 0 Å². The number of aliphatic hydroxyl groups is 10. The predicted octanol–water partition coefficient (Wildman–Crippen LogP) is -3.53. The number of carbonyl (C=O) groups excluding carboxylic acids is 2. The summed E-state index contributed by atoms with van der Waals surface area (Å²) in [6.45, 7) is 1.02. The number of phenolic OH excluding ortho intramolecular Hbond substituents is 1. The van der Waals surface area contributed by atoms with Gasteiger partial charge >= 0.3 is 11.9 Å². The van der Waals surface area contributed by atoms with Crippen LogP contribution in [0.15, 0.2) is 36.4 Å². The third kappa shape index (κ3) is 10.4. The van der Waals surface area contributed by atoms with Crippen molar-refractivity contribution in [2.75, 3.05) is 13.2 Å². The quantitative estimate of drug-likeness (QED) is 0.0818. The fourth-order valence-corrected chi connectivity index (χ4v) is 7.35. The van der Waals surface area contributed by atoms with Gasteiger partial charge in [0.2, 0.25) is 12.6 Å². The highest BCUT2D eigenvalue weighted by atomic mass is 16.8. The second-order valence-corrected chi connectivity index (χ2v) is 15.8. The molecule has 0 bridgehead atoms. The summed E-state index contributed by atoms with van der Waals surface area (Å²) in [4.78, 5) is 37.0. The molecule has 0 amide bonds. The maximum atomic E-state index is 13.4. The van der Waals surface area contributed by atoms with Crippen LogP contribution in [-0.4, -0.2) is 190 Å². The topological polar surface area (TPSA) is 368 Å². The highest BCUT2D eigenvalue weighted by Crippen LogP contribution is 2.43. The highest BCUT2D eigenvalue weighted by Gasteiger charge is 2.52. The summed E-state index contributed by atoms with van der Waals surface area (Å²) >= 11 is 0. The summed E-state index contributed by atoms with van der Waals surface area (Å²) in [5, 5.41) is 124. The van der Waals surface area contributed by atoms with Crippen LogP contribution in [0, 0.1) is 0 Å². The molecule has 2 aromatic rings. The van der Waals surface area contributed by atoms with E-state index in [0.717, 1.165) is 13.0 Å². The van der Waals surface area contributed by atoms with Crippen molar-refractivity contribution in [3.05, 3.63) is 47.5 Å². The summed E-state index contributed by atoms with van der Waals surface area (Å²) in [5.74, 6) is -3.93. The Morgan fingerprint density at radius 1 is 0.758 bits per heavy atom. The van der Waals surface area contributed by atoms with Crippen molar-refractivity contribution >= 4 is 17.7 Å². The Labute approximate surface area is 351 Å². The molecule has 17 atom stereocenters. The molecule has 3 fully saturated rings. The third-order valence-electron chi connectivity index (χ3n) is 10.8. The minimum absolute atomic E-state index is 0.134. The molecule has 12 N–H and O–H groups in total. The molecule has 4 aliphatic heterocycles. The van der Waals surface area contributed by atoms with Crippen molar-refractivity contribution < 1.29 is 114 Å². The van der Waals surface area contributed by atoms with Crippen molar-refractivity contribution in [1.82, 2.24) is 0 Å². The van der Waals surface area contributed by atoms with Gasteiger partial charge < -0.3 is 99.2 Å². The Bertz CT molecular complexity index is 1890. The molecule has 0 radical (unpaired) electrons. The van der Waals surface area contributed by atoms with Gasteiger partial charge in [-0.15, -0.1) is 0 Å². The van der Waals surface area contributed by atoms with Crippen LogP contribution in [-0.2, 0) is 33.3 Å². The van der Waals surface area contributed by atoms with Gasteiger partial charge in [-0.05, 0) is 31.5 Å². The van der Waals surface area contributed by atoms with Crippen LogP contribution in [0.25, 0.3) is 0 Å². The molecule has 4 aliphatic rings. The number of hydrogen-bond acceptors (Lipinski definition) is 22. The smallest absolute Gasteiger partial charge is 0.308 e. The van der Waals surface area contributed by atoms with Crippen LogP contribution < -0.4 is 14.2 Å². The van der Waals surface area contributed by atoms with Gasteiger partial charge in [0.05, 0.1) is 37.6 Å². The Balaban J connectivity index is 1.20. The Morgan fingerprint density at radius 2 is 1.37 bits per heavy atom. The first kappa shape index (κ1) is 47.2. The molecule has 2 aromatic carbocycles. The number of esters is 1. The number of aliphatic carboxylic acids is 1. The molecule has 0 aromatic heterocycles. The number of Topliss-reactive ketones (excluding diaryl/α,β-unsaturated/α-hetero) is 1. The lowest BCUT2D eigenvalue weighted by Gasteiger charge is -2.45. The maximum Gasteiger partial charge on any atom is 0.308 e. The average molecular weight is 887 g/mol. The monoisotopic (exact) mass is 886 g/mol. The van der Waals surface area contributed by atoms with E-state index in [1.165, 1.54) is 37.3 Å². The van der Waals surface area contributed by atoms with Crippen molar-refractivity contribution in [2.45, 2.75) is 137 Å². The molecule has 17 unspecified atom stereocenters. The van der Waals surface area contributed by atoms with E-state index in [1.807, 2.05) is 0 Å². The van der Waals surface area contributed by atoms with E-state index >= 15 is 0 Å². The zero-order valence-corrected chi connectivity index (χ0v) is 33.1. The van der Waals surface area contributed by atoms with Crippen molar-refractivity contribution in [2.24, 2.45) is 0 Å². The normalized spacial score (nSPS) is 37.0. The molecular formula is C39H50O23. The second-order valence-electron chi connectivity index (χ2n) is 15.8. The van der Waals surface area contributed by atoms with Crippen molar-refractivity contribution in [3.8, 4) is 23.0 Å². The molecule has 23 heteroatoms. The van der Waals surface area contributed by atoms with Crippen LogP contribution >= 0.6 is 0 Å². The number of carboxylic acids is 1. The van der Waals surface area contributed by atoms with Gasteiger partial charge in [0.1, 0.15) is 102 Å². The van der Waals surface area contributed by atoms with Gasteiger partial charge in [0.25, 0.3) is 0 Å². The van der Waals surface area contributed by atoms with Crippen LogP contribution in [0.4, 0.5) is 0 Å². The summed E-state index contributed by atoms with van der Waals surface area (Å²) < 4.78 is 45.4. The first-order chi connectivity index (χ1) is 29.2. The molecule has 0 spiro atoms. The molecule has 23 nitrogen and oxygen atoms in total. The number of ether oxygens (including phenoxy) is 8. The average Bonchev–Trinajstić information content (AvgIpc) is 3.20. The lowest BCUT2D eigenvalue weighted by Crippen LogP contribution is -2.64. The standard InChI is InChI=1S/C39H50O23/c1-14-27(46)30(49)33(52)36(56-14)62-35-32(51)29(48)23(13-55-25(45)11-39(2,54)10-24(43)44)61-38(35)58-17-7-18(41)26-19(42)9-20(59-21(26)8-17)15-3-5-16(6-4-15)57-37-34(53)31(50)28(47)22(12-40)60-37/h3-8,14,20,22-23,27-38,40-41,46-54H,9-13H2,1-2H3,(H,43,44). The first-order valence-electron chi connectivity index (χ1n) is 19.4. The van der Waals surface area contributed by atoms with E-state index in [9.17, 15) is 70.6 Å². The fourth-order valence-electron chi connectivity index (χ4n) is 7.35. The number of benzene rings is 2. The molecular weight excluding hydrogens is 836 g/mol. The molecule has 0 saturated carbocycles. The minimum atomic E-state index is -2.00. The van der Waals surface area contributed by atoms with Crippen molar-refractivity contribution in [3.63, 3.8) is 0 Å². The van der Waals surface area contributed by atoms with Crippen molar-refractivity contribution in [1.29, 1.82) is 0 Å². The van der Waals surface area contributed by atoms with E-state index in [4.69, 9.17) is 43.0 Å². The fraction of sp³-hybridized carbons (Fsp3) is 0.615. The summed E-state index contributed by atoms with van der Waals surface area (Å²) in [6, 6.07) is 8.13. The number of aromatic hydroxyl groups is 1. The number of rotatable bonds is 14. The SMILES string of the molecule is CC1OC(OC2C(Oc3cc(O)c4c(c3)OC(c3ccc(OC5OC(CO)C(O)C(O)C5O)cc3)CC4=O)OC(COC(=O)CC(C)(O)CC(=O)O)C(O)C2O)C(O)C(O)C1O. The van der Waals surface area contributed by atoms with Gasteiger partial charge in [-0.3, -0.25) is 14.4 Å². The van der Waals surface area contributed by atoms with Gasteiger partial charge in [-0.2, -0.15) is 0 Å². The molecule has 344 valence electrons. The number of fused-ring (bicyclic) bond motifs is 1. The lowest BCUT2D eigenvalue weighted by atomic mass is 9.95. The minimum Gasteiger partial charge on any atom is -0.507 e. The zero-order chi connectivity index (χ0) is 45.4. The summed E-state index contributed by atoms with van der Waals surface area (Å²) in [7, 11) is 0. The number of ketones is 1. The lowest BCUT2D eigenvalue weighted by molar-refractivity contribution is -0.354. The summed E-state index contributed by atoms with van der Waals surface area (Å²) in [5.41, 5.74) is -1.78. The van der Waals surface area contributed by atoms with Gasteiger partial charge in [-0.1, -0.05) is 12.1 Å². The molecule has 62 heavy (non-hydrogen) atoms. The Kier molecular flexibility index (Phi) is 14.6. The number of hydrogen-bond donors (Lipinski definition) is 12. The van der Waals surface area contributed by atoms with Crippen LogP contribution in [0.5, 0.6) is 23.0 Å². The maximum absolute atomic E-state index is 13.4. The second kappa shape index (κ2) is 19.2. The summed E-state index contributed by atoms with van der Waals surface area (Å²) in [6.07, 6.45) is -27.5. The number of carboxylic acid groups (broad SMARTS) is 1.